The van der Waals surface area contributed by atoms with E-state index in [2.05, 4.69) is 10.3 Å². The number of carbonyl (C=O) groups excluding carboxylic acids is 1. The highest BCUT2D eigenvalue weighted by atomic mass is 16.2. The zero-order valence-corrected chi connectivity index (χ0v) is 9.69. The van der Waals surface area contributed by atoms with Crippen molar-refractivity contribution in [2.45, 2.75) is 19.9 Å². The molecule has 0 atom stereocenters. The number of carbonyl (C=O) groups is 1. The van der Waals surface area contributed by atoms with Gasteiger partial charge in [0.15, 0.2) is 5.82 Å². The molecule has 2 aromatic rings. The van der Waals surface area contributed by atoms with Crippen LogP contribution in [0.25, 0.3) is 11.0 Å². The van der Waals surface area contributed by atoms with Crippen molar-refractivity contribution >= 4 is 16.9 Å². The zero-order chi connectivity index (χ0) is 11.7. The predicted molar refractivity (Wildman–Crippen MR) is 63.3 cm³/mol. The topological polar surface area (TPSA) is 46.9 Å². The van der Waals surface area contributed by atoms with Gasteiger partial charge in [0, 0.05) is 13.1 Å². The van der Waals surface area contributed by atoms with Crippen LogP contribution in [-0.4, -0.2) is 21.5 Å². The summed E-state index contributed by atoms with van der Waals surface area (Å²) in [6, 6.07) is 7.83. The van der Waals surface area contributed by atoms with E-state index in [1.54, 1.807) is 0 Å². The molecular weight excluding hydrogens is 202 g/mol. The largest absolute Gasteiger partial charge is 0.347 e. The van der Waals surface area contributed by atoms with Crippen molar-refractivity contribution in [2.24, 2.45) is 7.05 Å². The maximum atomic E-state index is 11.9. The second-order valence-electron chi connectivity index (χ2n) is 4.11. The minimum atomic E-state index is -0.131. The first-order valence-corrected chi connectivity index (χ1v) is 5.32. The highest BCUT2D eigenvalue weighted by Gasteiger charge is 2.15. The fourth-order valence-corrected chi connectivity index (χ4v) is 1.68. The molecule has 1 aromatic carbocycles. The normalized spacial score (nSPS) is 11.0. The van der Waals surface area contributed by atoms with Crippen LogP contribution in [0.1, 0.15) is 24.5 Å². The molecule has 0 bridgehead atoms. The van der Waals surface area contributed by atoms with E-state index in [-0.39, 0.29) is 11.9 Å². The Hall–Kier alpha value is -1.84. The number of hydrogen-bond donors (Lipinski definition) is 1. The van der Waals surface area contributed by atoms with Gasteiger partial charge in [-0.2, -0.15) is 0 Å². The highest BCUT2D eigenvalue weighted by Crippen LogP contribution is 2.13. The highest BCUT2D eigenvalue weighted by molar-refractivity contribution is 5.94. The summed E-state index contributed by atoms with van der Waals surface area (Å²) in [5.74, 6) is 0.323. The molecule has 0 saturated carbocycles. The number of aryl methyl sites for hydroxylation is 1. The van der Waals surface area contributed by atoms with Crippen LogP contribution in [-0.2, 0) is 7.05 Å². The summed E-state index contributed by atoms with van der Waals surface area (Å²) in [4.78, 5) is 16.2. The lowest BCUT2D eigenvalue weighted by molar-refractivity contribution is 0.0930. The fraction of sp³-hybridized carbons (Fsp3) is 0.333. The Bertz CT molecular complexity index is 528. The number of para-hydroxylation sites is 2. The number of rotatable bonds is 2. The zero-order valence-electron chi connectivity index (χ0n) is 9.69. The van der Waals surface area contributed by atoms with Crippen molar-refractivity contribution in [3.8, 4) is 0 Å². The van der Waals surface area contributed by atoms with Crippen molar-refractivity contribution in [3.63, 3.8) is 0 Å². The third kappa shape index (κ3) is 1.78. The van der Waals surface area contributed by atoms with Crippen molar-refractivity contribution in [3.05, 3.63) is 30.1 Å². The molecule has 1 aromatic heterocycles. The number of amides is 1. The third-order valence-corrected chi connectivity index (χ3v) is 2.41. The second-order valence-corrected chi connectivity index (χ2v) is 4.11. The first-order valence-electron chi connectivity index (χ1n) is 5.32. The minimum Gasteiger partial charge on any atom is -0.347 e. The molecule has 2 rings (SSSR count). The molecule has 0 fully saturated rings. The summed E-state index contributed by atoms with van der Waals surface area (Å²) >= 11 is 0. The minimum absolute atomic E-state index is 0.118. The number of hydrogen-bond acceptors (Lipinski definition) is 2. The lowest BCUT2D eigenvalue weighted by atomic mass is 10.3. The Balaban J connectivity index is 2.45. The lowest BCUT2D eigenvalue weighted by Crippen LogP contribution is -2.32. The maximum Gasteiger partial charge on any atom is 0.287 e. The van der Waals surface area contributed by atoms with Crippen molar-refractivity contribution in [1.82, 2.24) is 14.9 Å². The summed E-state index contributed by atoms with van der Waals surface area (Å²) < 4.78 is 1.81. The van der Waals surface area contributed by atoms with E-state index in [0.717, 1.165) is 11.0 Å². The van der Waals surface area contributed by atoms with E-state index in [1.807, 2.05) is 49.7 Å². The standard InChI is InChI=1S/C12H15N3O/c1-8(2)13-12(16)11-14-9-6-4-5-7-10(9)15(11)3/h4-8H,1-3H3,(H,13,16). The maximum absolute atomic E-state index is 11.9. The number of nitrogens with zero attached hydrogens (tertiary/aromatic N) is 2. The Morgan fingerprint density at radius 1 is 1.38 bits per heavy atom. The summed E-state index contributed by atoms with van der Waals surface area (Å²) in [6.07, 6.45) is 0. The molecule has 16 heavy (non-hydrogen) atoms. The van der Waals surface area contributed by atoms with E-state index >= 15 is 0 Å². The molecule has 0 unspecified atom stereocenters. The molecule has 0 aliphatic heterocycles. The van der Waals surface area contributed by atoms with Gasteiger partial charge in [-0.1, -0.05) is 12.1 Å². The van der Waals surface area contributed by atoms with Gasteiger partial charge >= 0.3 is 0 Å². The quantitative estimate of drug-likeness (QED) is 0.832. The number of nitrogens with one attached hydrogen (secondary N) is 1. The van der Waals surface area contributed by atoms with Gasteiger partial charge in [0.1, 0.15) is 0 Å². The van der Waals surface area contributed by atoms with Gasteiger partial charge in [-0.15, -0.1) is 0 Å². The Labute approximate surface area is 94.3 Å². The smallest absolute Gasteiger partial charge is 0.287 e. The first-order chi connectivity index (χ1) is 7.59. The molecule has 0 radical (unpaired) electrons. The Kier molecular flexibility index (Phi) is 2.64. The van der Waals surface area contributed by atoms with Crippen LogP contribution >= 0.6 is 0 Å². The van der Waals surface area contributed by atoms with E-state index < -0.39 is 0 Å². The molecule has 84 valence electrons. The molecule has 4 heteroatoms. The molecule has 0 aliphatic rings. The van der Waals surface area contributed by atoms with Crippen LogP contribution < -0.4 is 5.32 Å². The van der Waals surface area contributed by atoms with Crippen LogP contribution in [0.2, 0.25) is 0 Å². The first kappa shape index (κ1) is 10.7. The van der Waals surface area contributed by atoms with Crippen LogP contribution in [0.3, 0.4) is 0 Å². The van der Waals surface area contributed by atoms with E-state index in [4.69, 9.17) is 0 Å². The van der Waals surface area contributed by atoms with Gasteiger partial charge in [-0.3, -0.25) is 4.79 Å². The average molecular weight is 217 g/mol. The number of fused-ring (bicyclic) bond motifs is 1. The summed E-state index contributed by atoms with van der Waals surface area (Å²) in [5.41, 5.74) is 1.82. The predicted octanol–water partition coefficient (Wildman–Crippen LogP) is 1.71. The van der Waals surface area contributed by atoms with Crippen molar-refractivity contribution in [2.75, 3.05) is 0 Å². The Morgan fingerprint density at radius 3 is 2.69 bits per heavy atom. The van der Waals surface area contributed by atoms with Gasteiger partial charge in [0.2, 0.25) is 0 Å². The molecule has 1 N–H and O–H groups in total. The number of aromatic nitrogens is 2. The van der Waals surface area contributed by atoms with Crippen molar-refractivity contribution < 1.29 is 4.79 Å². The lowest BCUT2D eigenvalue weighted by Gasteiger charge is -2.07. The molecule has 4 nitrogen and oxygen atoms in total. The van der Waals surface area contributed by atoms with E-state index in [9.17, 15) is 4.79 Å². The van der Waals surface area contributed by atoms with E-state index in [0.29, 0.717) is 5.82 Å². The van der Waals surface area contributed by atoms with Gasteiger partial charge < -0.3 is 9.88 Å². The van der Waals surface area contributed by atoms with Crippen LogP contribution in [0, 0.1) is 0 Å². The molecular formula is C12H15N3O. The summed E-state index contributed by atoms with van der Waals surface area (Å²) in [7, 11) is 1.85. The van der Waals surface area contributed by atoms with Crippen LogP contribution in [0.5, 0.6) is 0 Å². The molecule has 1 amide bonds. The number of benzene rings is 1. The van der Waals surface area contributed by atoms with Gasteiger partial charge in [-0.05, 0) is 26.0 Å². The van der Waals surface area contributed by atoms with Gasteiger partial charge in [0.25, 0.3) is 5.91 Å². The SMILES string of the molecule is CC(C)NC(=O)c1nc2ccccc2n1C. The average Bonchev–Trinajstić information content (AvgIpc) is 2.56. The molecule has 0 saturated heterocycles. The number of imidazole rings is 1. The van der Waals surface area contributed by atoms with Gasteiger partial charge in [0.05, 0.1) is 11.0 Å². The third-order valence-electron chi connectivity index (χ3n) is 2.41. The van der Waals surface area contributed by atoms with E-state index in [1.165, 1.54) is 0 Å². The van der Waals surface area contributed by atoms with Crippen LogP contribution in [0.4, 0.5) is 0 Å². The second kappa shape index (κ2) is 3.96. The summed E-state index contributed by atoms with van der Waals surface area (Å²) in [5, 5.41) is 2.84. The summed E-state index contributed by atoms with van der Waals surface area (Å²) in [6.45, 7) is 3.86. The van der Waals surface area contributed by atoms with Crippen LogP contribution in [0.15, 0.2) is 24.3 Å². The molecule has 0 aliphatic carbocycles. The van der Waals surface area contributed by atoms with Crippen molar-refractivity contribution in [1.29, 1.82) is 0 Å². The molecule has 0 spiro atoms. The monoisotopic (exact) mass is 217 g/mol. The fourth-order valence-electron chi connectivity index (χ4n) is 1.68. The molecule has 1 heterocycles. The van der Waals surface area contributed by atoms with Gasteiger partial charge in [-0.25, -0.2) is 4.98 Å². The Morgan fingerprint density at radius 2 is 2.06 bits per heavy atom.